The summed E-state index contributed by atoms with van der Waals surface area (Å²) in [5.41, 5.74) is -2.14. The molecule has 7 nitrogen and oxygen atoms in total. The number of hydrogen-bond acceptors (Lipinski definition) is 6. The molecule has 1 saturated carbocycles. The first-order chi connectivity index (χ1) is 16.4. The fourth-order valence-corrected chi connectivity index (χ4v) is 3.60. The van der Waals surface area contributed by atoms with E-state index in [1.54, 1.807) is 13.8 Å². The van der Waals surface area contributed by atoms with Crippen LogP contribution in [0, 0.1) is 13.8 Å². The van der Waals surface area contributed by atoms with Gasteiger partial charge in [-0.25, -0.2) is 0 Å². The number of nitrogens with one attached hydrogen (secondary N) is 1. The second kappa shape index (κ2) is 11.5. The lowest BCUT2D eigenvalue weighted by atomic mass is 9.90. The molecule has 1 fully saturated rings. The average molecular weight is 513 g/mol. The van der Waals surface area contributed by atoms with Gasteiger partial charge in [0.05, 0.1) is 24.9 Å². The molecule has 1 aromatic carbocycles. The molecule has 1 aliphatic rings. The SMILES string of the molecule is C.Cc1nc(C(O)(CNC(=O)c2ccc(OCCO)c(OC3CC3)c2)C(F)(F)F)cc(C(C)C)c1C. The van der Waals surface area contributed by atoms with Gasteiger partial charge in [0.25, 0.3) is 5.91 Å². The second-order valence-corrected chi connectivity index (χ2v) is 9.05. The number of hydrogen-bond donors (Lipinski definition) is 3. The van der Waals surface area contributed by atoms with Crippen LogP contribution < -0.4 is 14.8 Å². The Hall–Kier alpha value is -2.85. The standard InChI is InChI=1S/C25H31F3N2O5.CH4/c1-14(2)19-12-22(30-16(4)15(19)3)24(33,25(26,27)28)13-29-23(32)17-5-8-20(34-10-9-31)21(11-17)35-18-6-7-18;/h5,8,11-12,14,18,31,33H,6-7,9-10,13H2,1-4H3,(H,29,32);1H4. The van der Waals surface area contributed by atoms with Crippen LogP contribution in [-0.4, -0.2) is 53.1 Å². The third-order valence-corrected chi connectivity index (χ3v) is 5.95. The third-order valence-electron chi connectivity index (χ3n) is 5.95. The van der Waals surface area contributed by atoms with Gasteiger partial charge in [-0.1, -0.05) is 21.3 Å². The minimum Gasteiger partial charge on any atom is -0.487 e. The van der Waals surface area contributed by atoms with E-state index in [2.05, 4.69) is 10.3 Å². The van der Waals surface area contributed by atoms with Crippen molar-refractivity contribution in [1.82, 2.24) is 10.3 Å². The molecule has 1 unspecified atom stereocenters. The largest absolute Gasteiger partial charge is 0.487 e. The summed E-state index contributed by atoms with van der Waals surface area (Å²) in [7, 11) is 0. The van der Waals surface area contributed by atoms with Crippen molar-refractivity contribution in [1.29, 1.82) is 0 Å². The Kier molecular flexibility index (Phi) is 9.36. The number of benzene rings is 1. The number of alkyl halides is 3. The maximum atomic E-state index is 14.1. The zero-order valence-corrected chi connectivity index (χ0v) is 20.2. The van der Waals surface area contributed by atoms with E-state index in [-0.39, 0.29) is 44.0 Å². The molecule has 200 valence electrons. The van der Waals surface area contributed by atoms with Crippen LogP contribution >= 0.6 is 0 Å². The molecule has 1 aliphatic carbocycles. The average Bonchev–Trinajstić information content (AvgIpc) is 3.61. The van der Waals surface area contributed by atoms with Gasteiger partial charge in [0.1, 0.15) is 6.61 Å². The van der Waals surface area contributed by atoms with E-state index in [1.807, 2.05) is 13.8 Å². The number of aliphatic hydroxyl groups excluding tert-OH is 1. The summed E-state index contributed by atoms with van der Waals surface area (Å²) in [6.45, 7) is 5.72. The Labute approximate surface area is 209 Å². The van der Waals surface area contributed by atoms with Crippen molar-refractivity contribution in [3.63, 3.8) is 0 Å². The zero-order chi connectivity index (χ0) is 26.0. The fourth-order valence-electron chi connectivity index (χ4n) is 3.60. The number of aromatic nitrogens is 1. The maximum absolute atomic E-state index is 14.1. The number of ether oxygens (including phenoxy) is 2. The first-order valence-corrected chi connectivity index (χ1v) is 11.5. The van der Waals surface area contributed by atoms with E-state index in [9.17, 15) is 23.1 Å². The highest BCUT2D eigenvalue weighted by atomic mass is 19.4. The lowest BCUT2D eigenvalue weighted by molar-refractivity contribution is -0.265. The van der Waals surface area contributed by atoms with Crippen molar-refractivity contribution in [3.05, 3.63) is 52.3 Å². The quantitative estimate of drug-likeness (QED) is 0.432. The Morgan fingerprint density at radius 2 is 1.86 bits per heavy atom. The number of nitrogens with zero attached hydrogens (tertiary/aromatic N) is 1. The lowest BCUT2D eigenvalue weighted by Crippen LogP contribution is -2.51. The molecule has 0 radical (unpaired) electrons. The number of carbonyl (C=O) groups excluding carboxylic acids is 1. The summed E-state index contributed by atoms with van der Waals surface area (Å²) < 4.78 is 53.4. The van der Waals surface area contributed by atoms with Crippen LogP contribution in [-0.2, 0) is 5.60 Å². The van der Waals surface area contributed by atoms with Crippen molar-refractivity contribution in [3.8, 4) is 11.5 Å². The molecule has 1 amide bonds. The molecule has 3 rings (SSSR count). The highest BCUT2D eigenvalue weighted by molar-refractivity contribution is 5.95. The molecular weight excluding hydrogens is 477 g/mol. The predicted octanol–water partition coefficient (Wildman–Crippen LogP) is 4.55. The molecule has 2 aromatic rings. The van der Waals surface area contributed by atoms with Crippen LogP contribution in [0.1, 0.15) is 72.9 Å². The molecule has 0 bridgehead atoms. The molecule has 1 heterocycles. The third kappa shape index (κ3) is 6.47. The van der Waals surface area contributed by atoms with Crippen LogP contribution in [0.25, 0.3) is 0 Å². The number of rotatable bonds is 10. The van der Waals surface area contributed by atoms with Crippen LogP contribution in [0.3, 0.4) is 0 Å². The van der Waals surface area contributed by atoms with Crippen LogP contribution in [0.15, 0.2) is 24.3 Å². The molecule has 0 aliphatic heterocycles. The highest BCUT2D eigenvalue weighted by Crippen LogP contribution is 2.40. The fraction of sp³-hybridized carbons (Fsp3) is 0.538. The minimum atomic E-state index is -5.09. The Balaban J connectivity index is 0.00000456. The number of amides is 1. The van der Waals surface area contributed by atoms with Gasteiger partial charge < -0.3 is 25.0 Å². The van der Waals surface area contributed by atoms with Crippen molar-refractivity contribution >= 4 is 5.91 Å². The summed E-state index contributed by atoms with van der Waals surface area (Å²) in [5.74, 6) is -0.333. The van der Waals surface area contributed by atoms with Gasteiger partial charge in [-0.05, 0) is 68.0 Å². The molecule has 1 atom stereocenters. The lowest BCUT2D eigenvalue weighted by Gasteiger charge is -2.31. The number of aliphatic hydroxyl groups is 2. The van der Waals surface area contributed by atoms with Gasteiger partial charge in [0.2, 0.25) is 5.60 Å². The predicted molar refractivity (Wildman–Crippen MR) is 129 cm³/mol. The first-order valence-electron chi connectivity index (χ1n) is 11.5. The normalized spacial score (nSPS) is 15.2. The molecular formula is C26H35F3N2O5. The summed E-state index contributed by atoms with van der Waals surface area (Å²) in [5, 5.41) is 22.0. The summed E-state index contributed by atoms with van der Waals surface area (Å²) >= 11 is 0. The van der Waals surface area contributed by atoms with E-state index in [1.165, 1.54) is 24.3 Å². The second-order valence-electron chi connectivity index (χ2n) is 9.05. The summed E-state index contributed by atoms with van der Waals surface area (Å²) in [6, 6.07) is 5.46. The van der Waals surface area contributed by atoms with Gasteiger partial charge in [0, 0.05) is 11.3 Å². The molecule has 0 spiro atoms. The van der Waals surface area contributed by atoms with Crippen LogP contribution in [0.2, 0.25) is 0 Å². The molecule has 0 saturated heterocycles. The minimum absolute atomic E-state index is 0. The monoisotopic (exact) mass is 512 g/mol. The van der Waals surface area contributed by atoms with E-state index in [0.717, 1.165) is 18.4 Å². The Morgan fingerprint density at radius 3 is 2.42 bits per heavy atom. The van der Waals surface area contributed by atoms with Crippen LogP contribution in [0.5, 0.6) is 11.5 Å². The van der Waals surface area contributed by atoms with Gasteiger partial charge in [-0.2, -0.15) is 13.2 Å². The number of halogens is 3. The van der Waals surface area contributed by atoms with E-state index < -0.39 is 29.9 Å². The van der Waals surface area contributed by atoms with Gasteiger partial charge in [-0.15, -0.1) is 0 Å². The van der Waals surface area contributed by atoms with Crippen molar-refractivity contribution in [2.45, 2.75) is 71.8 Å². The van der Waals surface area contributed by atoms with Crippen LogP contribution in [0.4, 0.5) is 13.2 Å². The van der Waals surface area contributed by atoms with Gasteiger partial charge in [0.15, 0.2) is 11.5 Å². The van der Waals surface area contributed by atoms with E-state index >= 15 is 0 Å². The molecule has 36 heavy (non-hydrogen) atoms. The van der Waals surface area contributed by atoms with Gasteiger partial charge in [-0.3, -0.25) is 9.78 Å². The molecule has 1 aromatic heterocycles. The van der Waals surface area contributed by atoms with Crippen molar-refractivity contribution in [2.75, 3.05) is 19.8 Å². The van der Waals surface area contributed by atoms with Crippen molar-refractivity contribution < 1.29 is 37.7 Å². The summed E-state index contributed by atoms with van der Waals surface area (Å²) in [6.07, 6.45) is -3.43. The Morgan fingerprint density at radius 1 is 1.19 bits per heavy atom. The van der Waals surface area contributed by atoms with E-state index in [4.69, 9.17) is 14.6 Å². The molecule has 10 heteroatoms. The maximum Gasteiger partial charge on any atom is 0.424 e. The number of aryl methyl sites for hydroxylation is 1. The number of pyridine rings is 1. The smallest absolute Gasteiger partial charge is 0.424 e. The number of carbonyl (C=O) groups is 1. The Bertz CT molecular complexity index is 1070. The first kappa shape index (κ1) is 29.4. The van der Waals surface area contributed by atoms with E-state index in [0.29, 0.717) is 17.0 Å². The molecule has 3 N–H and O–H groups in total. The highest BCUT2D eigenvalue weighted by Gasteiger charge is 2.56. The topological polar surface area (TPSA) is 101 Å². The van der Waals surface area contributed by atoms with Gasteiger partial charge >= 0.3 is 6.18 Å². The van der Waals surface area contributed by atoms with Crippen molar-refractivity contribution in [2.24, 2.45) is 0 Å². The summed E-state index contributed by atoms with van der Waals surface area (Å²) in [4.78, 5) is 16.8. The zero-order valence-electron chi connectivity index (χ0n) is 20.2.